The second kappa shape index (κ2) is 9.20. The number of nitrogens with zero attached hydrogens (tertiary/aromatic N) is 2. The van der Waals surface area contributed by atoms with E-state index in [-0.39, 0.29) is 30.3 Å². The zero-order chi connectivity index (χ0) is 21.8. The van der Waals surface area contributed by atoms with E-state index >= 15 is 0 Å². The van der Waals surface area contributed by atoms with Crippen LogP contribution in [-0.2, 0) is 20.9 Å². The molecule has 0 unspecified atom stereocenters. The van der Waals surface area contributed by atoms with Gasteiger partial charge in [0, 0.05) is 18.7 Å². The van der Waals surface area contributed by atoms with E-state index in [1.54, 1.807) is 22.8 Å². The summed E-state index contributed by atoms with van der Waals surface area (Å²) in [7, 11) is 0. The molecule has 0 aromatic heterocycles. The summed E-state index contributed by atoms with van der Waals surface area (Å²) in [5.41, 5.74) is 2.19. The van der Waals surface area contributed by atoms with Gasteiger partial charge in [-0.25, -0.2) is 0 Å². The topological polar surface area (TPSA) is 76.2 Å². The highest BCUT2D eigenvalue weighted by atomic mass is 16.5. The van der Waals surface area contributed by atoms with Gasteiger partial charge in [-0.05, 0) is 49.6 Å². The van der Waals surface area contributed by atoms with Crippen molar-refractivity contribution in [3.8, 4) is 5.75 Å². The molecule has 2 aliphatic rings. The van der Waals surface area contributed by atoms with E-state index < -0.39 is 0 Å². The van der Waals surface area contributed by atoms with Crippen LogP contribution >= 0.6 is 0 Å². The highest BCUT2D eigenvalue weighted by Crippen LogP contribution is 2.32. The maximum Gasteiger partial charge on any atom is 0.309 e. The lowest BCUT2D eigenvalue weighted by molar-refractivity contribution is -0.149. The maximum absolute atomic E-state index is 13.0. The van der Waals surface area contributed by atoms with Crippen LogP contribution < -0.4 is 9.64 Å². The van der Waals surface area contributed by atoms with Gasteiger partial charge in [0.05, 0.1) is 24.8 Å². The molecule has 0 N–H and O–H groups in total. The van der Waals surface area contributed by atoms with E-state index in [1.807, 2.05) is 42.5 Å². The first-order valence-electron chi connectivity index (χ1n) is 10.6. The third kappa shape index (κ3) is 4.55. The number of anilines is 1. The molecule has 1 saturated heterocycles. The van der Waals surface area contributed by atoms with Gasteiger partial charge in [-0.2, -0.15) is 0 Å². The molecule has 7 heteroatoms. The number of fused-ring (bicyclic) bond motifs is 1. The fourth-order valence-corrected chi connectivity index (χ4v) is 4.07. The summed E-state index contributed by atoms with van der Waals surface area (Å²) in [6.45, 7) is 3.60. The van der Waals surface area contributed by atoms with Crippen molar-refractivity contribution in [1.82, 2.24) is 4.90 Å². The molecule has 2 aromatic carbocycles. The molecule has 0 radical (unpaired) electrons. The second-order valence-corrected chi connectivity index (χ2v) is 7.76. The third-order valence-electron chi connectivity index (χ3n) is 5.72. The van der Waals surface area contributed by atoms with Crippen molar-refractivity contribution >= 4 is 23.5 Å². The van der Waals surface area contributed by atoms with Crippen molar-refractivity contribution < 1.29 is 23.9 Å². The summed E-state index contributed by atoms with van der Waals surface area (Å²) >= 11 is 0. The van der Waals surface area contributed by atoms with E-state index in [2.05, 4.69) is 0 Å². The van der Waals surface area contributed by atoms with Gasteiger partial charge in [-0.15, -0.1) is 0 Å². The number of ether oxygens (including phenoxy) is 2. The Morgan fingerprint density at radius 2 is 1.87 bits per heavy atom. The summed E-state index contributed by atoms with van der Waals surface area (Å²) in [6.07, 6.45) is 1.23. The zero-order valence-corrected chi connectivity index (χ0v) is 17.6. The molecule has 0 aliphatic carbocycles. The number of benzene rings is 2. The van der Waals surface area contributed by atoms with Crippen LogP contribution in [0.25, 0.3) is 0 Å². The SMILES string of the molecule is CCOC(=O)C1CCN(C(=O)c2cccc(CN3C(=O)COc4ccccc43)c2)CC1. The quantitative estimate of drug-likeness (QED) is 0.693. The van der Waals surface area contributed by atoms with Crippen molar-refractivity contribution in [1.29, 1.82) is 0 Å². The highest BCUT2D eigenvalue weighted by Gasteiger charge is 2.29. The molecule has 2 heterocycles. The molecule has 2 aliphatic heterocycles. The molecule has 2 amide bonds. The summed E-state index contributed by atoms with van der Waals surface area (Å²) < 4.78 is 10.6. The minimum Gasteiger partial charge on any atom is -0.482 e. The predicted molar refractivity (Wildman–Crippen MR) is 115 cm³/mol. The summed E-state index contributed by atoms with van der Waals surface area (Å²) in [5, 5.41) is 0. The van der Waals surface area contributed by atoms with Gasteiger partial charge < -0.3 is 19.3 Å². The smallest absolute Gasteiger partial charge is 0.309 e. The number of piperidine rings is 1. The van der Waals surface area contributed by atoms with Crippen LogP contribution in [0.2, 0.25) is 0 Å². The van der Waals surface area contributed by atoms with Gasteiger partial charge in [0.25, 0.3) is 11.8 Å². The molecule has 1 fully saturated rings. The van der Waals surface area contributed by atoms with Gasteiger partial charge in [0.2, 0.25) is 0 Å². The van der Waals surface area contributed by atoms with Crippen LogP contribution in [0, 0.1) is 5.92 Å². The minimum absolute atomic E-state index is 0.00500. The predicted octanol–water partition coefficient (Wildman–Crippen LogP) is 3.03. The fourth-order valence-electron chi connectivity index (χ4n) is 4.07. The lowest BCUT2D eigenvalue weighted by Gasteiger charge is -2.31. The Bertz CT molecular complexity index is 981. The molecule has 0 atom stereocenters. The highest BCUT2D eigenvalue weighted by molar-refractivity contribution is 5.98. The fraction of sp³-hybridized carbons (Fsp3) is 0.375. The Morgan fingerprint density at radius 1 is 1.10 bits per heavy atom. The molecule has 0 bridgehead atoms. The Morgan fingerprint density at radius 3 is 2.65 bits per heavy atom. The molecular weight excluding hydrogens is 396 g/mol. The lowest BCUT2D eigenvalue weighted by Crippen LogP contribution is -2.40. The van der Waals surface area contributed by atoms with Crippen LogP contribution in [0.4, 0.5) is 5.69 Å². The molecular formula is C24H26N2O5. The van der Waals surface area contributed by atoms with Crippen molar-refractivity contribution in [2.75, 3.05) is 31.2 Å². The molecule has 0 saturated carbocycles. The number of hydrogen-bond acceptors (Lipinski definition) is 5. The Kier molecular flexibility index (Phi) is 6.21. The van der Waals surface area contributed by atoms with Gasteiger partial charge in [-0.1, -0.05) is 24.3 Å². The van der Waals surface area contributed by atoms with Crippen molar-refractivity contribution in [3.63, 3.8) is 0 Å². The van der Waals surface area contributed by atoms with Crippen LogP contribution in [0.3, 0.4) is 0 Å². The molecule has 2 aromatic rings. The van der Waals surface area contributed by atoms with Gasteiger partial charge in [0.15, 0.2) is 6.61 Å². The summed E-state index contributed by atoms with van der Waals surface area (Å²) in [4.78, 5) is 40.9. The monoisotopic (exact) mass is 422 g/mol. The molecule has 31 heavy (non-hydrogen) atoms. The van der Waals surface area contributed by atoms with Crippen LogP contribution in [0.1, 0.15) is 35.7 Å². The number of esters is 1. The lowest BCUT2D eigenvalue weighted by atomic mass is 9.96. The average Bonchev–Trinajstić information content (AvgIpc) is 2.81. The zero-order valence-electron chi connectivity index (χ0n) is 17.6. The van der Waals surface area contributed by atoms with Crippen molar-refractivity contribution in [2.24, 2.45) is 5.92 Å². The number of para-hydroxylation sites is 2. The van der Waals surface area contributed by atoms with Gasteiger partial charge in [0.1, 0.15) is 5.75 Å². The van der Waals surface area contributed by atoms with Crippen LogP contribution in [0.5, 0.6) is 5.75 Å². The largest absolute Gasteiger partial charge is 0.482 e. The minimum atomic E-state index is -0.174. The number of amides is 2. The van der Waals surface area contributed by atoms with Crippen LogP contribution in [-0.4, -0.2) is 49.0 Å². The normalized spacial score (nSPS) is 16.5. The van der Waals surface area contributed by atoms with E-state index in [0.29, 0.717) is 50.4 Å². The Balaban J connectivity index is 1.44. The number of likely N-dealkylation sites (tertiary alicyclic amines) is 1. The summed E-state index contributed by atoms with van der Waals surface area (Å²) in [5.74, 6) is 0.197. The first kappa shape index (κ1) is 20.9. The molecule has 162 valence electrons. The maximum atomic E-state index is 13.0. The number of carbonyl (C=O) groups is 3. The number of carbonyl (C=O) groups excluding carboxylic acids is 3. The Hall–Kier alpha value is -3.35. The van der Waals surface area contributed by atoms with Crippen molar-refractivity contribution in [2.45, 2.75) is 26.3 Å². The number of rotatable bonds is 5. The van der Waals surface area contributed by atoms with E-state index in [4.69, 9.17) is 9.47 Å². The standard InChI is InChI=1S/C24H26N2O5/c1-2-30-24(29)18-10-12-25(13-11-18)23(28)19-7-5-6-17(14-19)15-26-20-8-3-4-9-21(20)31-16-22(26)27/h3-9,14,18H,2,10-13,15-16H2,1H3. The van der Waals surface area contributed by atoms with E-state index in [0.717, 1.165) is 11.3 Å². The first-order valence-corrected chi connectivity index (χ1v) is 10.6. The third-order valence-corrected chi connectivity index (χ3v) is 5.72. The van der Waals surface area contributed by atoms with Gasteiger partial charge >= 0.3 is 5.97 Å². The summed E-state index contributed by atoms with van der Waals surface area (Å²) in [6, 6.07) is 14.8. The molecule has 7 nitrogen and oxygen atoms in total. The van der Waals surface area contributed by atoms with Crippen molar-refractivity contribution in [3.05, 3.63) is 59.7 Å². The van der Waals surface area contributed by atoms with Gasteiger partial charge in [-0.3, -0.25) is 14.4 Å². The molecule has 4 rings (SSSR count). The average molecular weight is 422 g/mol. The van der Waals surface area contributed by atoms with E-state index in [1.165, 1.54) is 0 Å². The van der Waals surface area contributed by atoms with E-state index in [9.17, 15) is 14.4 Å². The molecule has 0 spiro atoms. The first-order chi connectivity index (χ1) is 15.1. The van der Waals surface area contributed by atoms with Crippen LogP contribution in [0.15, 0.2) is 48.5 Å². The Labute approximate surface area is 181 Å². The number of hydrogen-bond donors (Lipinski definition) is 0. The second-order valence-electron chi connectivity index (χ2n) is 7.76.